The predicted molar refractivity (Wildman–Crippen MR) is 381 cm³/mol. The minimum absolute atomic E-state index is 0.00316. The van der Waals surface area contributed by atoms with Crippen LogP contribution in [0.1, 0.15) is 431 Å². The number of amides is 1. The lowest BCUT2D eigenvalue weighted by atomic mass is 10.0. The van der Waals surface area contributed by atoms with Crippen molar-refractivity contribution in [1.29, 1.82) is 0 Å². The minimum Gasteiger partial charge on any atom is -0.756 e. The zero-order valence-electron chi connectivity index (χ0n) is 59.8. The van der Waals surface area contributed by atoms with Crippen LogP contribution in [0.3, 0.4) is 0 Å². The van der Waals surface area contributed by atoms with Gasteiger partial charge in [-0.3, -0.25) is 9.36 Å². The number of likely N-dealkylation sites (N-methyl/N-ethyl adjacent to an activating group) is 1. The summed E-state index contributed by atoms with van der Waals surface area (Å²) in [5.41, 5.74) is 0. The van der Waals surface area contributed by atoms with Gasteiger partial charge in [-0.25, -0.2) is 0 Å². The molecular weight excluding hydrogens is 1090 g/mol. The van der Waals surface area contributed by atoms with Crippen molar-refractivity contribution in [2.24, 2.45) is 0 Å². The second-order valence-electron chi connectivity index (χ2n) is 28.8. The molecule has 0 bridgehead atoms. The van der Waals surface area contributed by atoms with E-state index in [1.165, 1.54) is 372 Å². The Kier molecular flexibility index (Phi) is 69.0. The number of carbonyl (C=O) groups is 1. The van der Waals surface area contributed by atoms with Crippen LogP contribution in [0.15, 0.2) is 12.2 Å². The van der Waals surface area contributed by atoms with Gasteiger partial charge in [-0.1, -0.05) is 418 Å². The molecule has 0 aromatic heterocycles. The lowest BCUT2D eigenvalue weighted by Crippen LogP contribution is -2.45. The van der Waals surface area contributed by atoms with Gasteiger partial charge in [0.2, 0.25) is 5.91 Å². The standard InChI is InChI=1S/C78H157N2O6P/c1-6-8-10-12-14-16-18-20-22-24-26-28-30-32-34-36-38-40-42-44-46-48-50-52-54-56-58-60-62-64-66-68-70-72-78(82)79-76(75-86-87(83,84)85-74-73-80(3,4)5)77(81)71-69-67-65-63-61-59-57-55-53-51-49-47-45-43-41-39-37-35-33-31-29-27-25-23-21-19-17-15-13-11-9-7-2/h69,71,76-77,81H,6-68,70,72-75H2,1-5H3,(H-,79,82,83,84)/b71-69+. The van der Waals surface area contributed by atoms with E-state index in [4.69, 9.17) is 9.05 Å². The van der Waals surface area contributed by atoms with Crippen molar-refractivity contribution in [2.75, 3.05) is 40.9 Å². The molecule has 0 aliphatic heterocycles. The van der Waals surface area contributed by atoms with Crippen molar-refractivity contribution < 1.29 is 32.9 Å². The molecule has 0 radical (unpaired) electrons. The molecule has 2 N–H and O–H groups in total. The SMILES string of the molecule is CCCCCCCCCCCCCCCCCCCCCCCCCCCCCCCC/C=C/C(O)C(COP(=O)([O-])OCC[N+](C)(C)C)NC(=O)CCCCCCCCCCCCCCCCCCCCCCCCCCCCCCCCCCC. The van der Waals surface area contributed by atoms with Crippen LogP contribution in [0.4, 0.5) is 0 Å². The van der Waals surface area contributed by atoms with Gasteiger partial charge >= 0.3 is 0 Å². The Morgan fingerprint density at radius 2 is 0.621 bits per heavy atom. The Morgan fingerprint density at radius 3 is 0.862 bits per heavy atom. The van der Waals surface area contributed by atoms with Crippen molar-refractivity contribution in [3.05, 3.63) is 12.2 Å². The van der Waals surface area contributed by atoms with Crippen molar-refractivity contribution in [2.45, 2.75) is 443 Å². The Labute approximate surface area is 545 Å². The summed E-state index contributed by atoms with van der Waals surface area (Å²) < 4.78 is 23.5. The number of aliphatic hydroxyl groups is 1. The molecule has 0 aromatic carbocycles. The third-order valence-electron chi connectivity index (χ3n) is 18.7. The molecule has 0 spiro atoms. The van der Waals surface area contributed by atoms with Gasteiger partial charge in [0.25, 0.3) is 7.82 Å². The molecule has 9 heteroatoms. The van der Waals surface area contributed by atoms with E-state index in [0.29, 0.717) is 17.4 Å². The predicted octanol–water partition coefficient (Wildman–Crippen LogP) is 25.0. The fourth-order valence-corrected chi connectivity index (χ4v) is 13.4. The van der Waals surface area contributed by atoms with E-state index in [1.54, 1.807) is 6.08 Å². The maximum absolute atomic E-state index is 13.1. The average Bonchev–Trinajstić information content (AvgIpc) is 3.70. The Morgan fingerprint density at radius 1 is 0.391 bits per heavy atom. The first-order valence-electron chi connectivity index (χ1n) is 39.6. The molecule has 3 unspecified atom stereocenters. The molecule has 0 aliphatic rings. The summed E-state index contributed by atoms with van der Waals surface area (Å²) in [7, 11) is 1.29. The van der Waals surface area contributed by atoms with Gasteiger partial charge in [-0.05, 0) is 19.3 Å². The summed E-state index contributed by atoms with van der Waals surface area (Å²) >= 11 is 0. The van der Waals surface area contributed by atoms with Gasteiger partial charge in [0.15, 0.2) is 0 Å². The van der Waals surface area contributed by atoms with Gasteiger partial charge in [-0.15, -0.1) is 0 Å². The van der Waals surface area contributed by atoms with Crippen LogP contribution < -0.4 is 10.2 Å². The number of nitrogens with zero attached hydrogens (tertiary/aromatic N) is 1. The van der Waals surface area contributed by atoms with Crippen LogP contribution in [-0.4, -0.2) is 68.5 Å². The first kappa shape index (κ1) is 86.2. The smallest absolute Gasteiger partial charge is 0.268 e. The molecule has 0 aliphatic carbocycles. The number of quaternary nitrogens is 1. The van der Waals surface area contributed by atoms with Gasteiger partial charge in [0, 0.05) is 6.42 Å². The van der Waals surface area contributed by atoms with E-state index in [2.05, 4.69) is 19.2 Å². The molecule has 0 rings (SSSR count). The topological polar surface area (TPSA) is 108 Å². The summed E-state index contributed by atoms with van der Waals surface area (Å²) in [6.07, 6.45) is 91.0. The highest BCUT2D eigenvalue weighted by atomic mass is 31.2. The summed E-state index contributed by atoms with van der Waals surface area (Å²) in [6, 6.07) is -0.885. The molecule has 520 valence electrons. The van der Waals surface area contributed by atoms with Crippen LogP contribution in [0, 0.1) is 0 Å². The molecular formula is C78H157N2O6P. The van der Waals surface area contributed by atoms with E-state index < -0.39 is 20.0 Å². The maximum atomic E-state index is 13.1. The number of allylic oxidation sites excluding steroid dienone is 1. The lowest BCUT2D eigenvalue weighted by Gasteiger charge is -2.29. The third-order valence-corrected chi connectivity index (χ3v) is 19.7. The number of phosphoric ester groups is 1. The highest BCUT2D eigenvalue weighted by Crippen LogP contribution is 2.38. The largest absolute Gasteiger partial charge is 0.756 e. The molecule has 87 heavy (non-hydrogen) atoms. The highest BCUT2D eigenvalue weighted by molar-refractivity contribution is 7.45. The first-order valence-corrected chi connectivity index (χ1v) is 41.0. The Bertz CT molecular complexity index is 1420. The first-order chi connectivity index (χ1) is 42.5. The van der Waals surface area contributed by atoms with E-state index in [1.807, 2.05) is 27.2 Å². The fraction of sp³-hybridized carbons (Fsp3) is 0.962. The number of carbonyl (C=O) groups excluding carboxylic acids is 1. The van der Waals surface area contributed by atoms with Crippen LogP contribution in [-0.2, 0) is 18.4 Å². The number of hydrogen-bond acceptors (Lipinski definition) is 6. The van der Waals surface area contributed by atoms with Gasteiger partial charge < -0.3 is 28.8 Å². The quantitative estimate of drug-likeness (QED) is 0.0272. The summed E-state index contributed by atoms with van der Waals surface area (Å²) in [5, 5.41) is 14.0. The number of phosphoric acid groups is 1. The number of aliphatic hydroxyl groups excluding tert-OH is 1. The van der Waals surface area contributed by atoms with E-state index in [9.17, 15) is 19.4 Å². The van der Waals surface area contributed by atoms with Crippen LogP contribution in [0.25, 0.3) is 0 Å². The molecule has 3 atom stereocenters. The highest BCUT2D eigenvalue weighted by Gasteiger charge is 2.23. The maximum Gasteiger partial charge on any atom is 0.268 e. The van der Waals surface area contributed by atoms with E-state index in [0.717, 1.165) is 38.5 Å². The van der Waals surface area contributed by atoms with Crippen LogP contribution in [0.5, 0.6) is 0 Å². The van der Waals surface area contributed by atoms with Crippen LogP contribution >= 0.6 is 7.82 Å². The van der Waals surface area contributed by atoms with Crippen molar-refractivity contribution in [3.63, 3.8) is 0 Å². The number of nitrogens with one attached hydrogen (secondary N) is 1. The Balaban J connectivity index is 3.94. The summed E-state index contributed by atoms with van der Waals surface area (Å²) in [6.45, 7) is 4.73. The van der Waals surface area contributed by atoms with Crippen molar-refractivity contribution >= 4 is 13.7 Å². The molecule has 0 heterocycles. The molecule has 0 saturated heterocycles. The van der Waals surface area contributed by atoms with Gasteiger partial charge in [0.1, 0.15) is 13.2 Å². The molecule has 0 fully saturated rings. The number of unbranched alkanes of at least 4 members (excludes halogenated alkanes) is 62. The summed E-state index contributed by atoms with van der Waals surface area (Å²) in [4.78, 5) is 25.7. The van der Waals surface area contributed by atoms with Crippen molar-refractivity contribution in [1.82, 2.24) is 5.32 Å². The monoisotopic (exact) mass is 1250 g/mol. The zero-order chi connectivity index (χ0) is 63.4. The molecule has 0 aromatic rings. The van der Waals surface area contributed by atoms with Gasteiger partial charge in [-0.2, -0.15) is 0 Å². The molecule has 8 nitrogen and oxygen atoms in total. The van der Waals surface area contributed by atoms with E-state index >= 15 is 0 Å². The zero-order valence-corrected chi connectivity index (χ0v) is 60.7. The molecule has 0 saturated carbocycles. The fourth-order valence-electron chi connectivity index (χ4n) is 12.6. The Hall–Kier alpha value is -0.760. The van der Waals surface area contributed by atoms with E-state index in [-0.39, 0.29) is 19.1 Å². The van der Waals surface area contributed by atoms with Crippen molar-refractivity contribution in [3.8, 4) is 0 Å². The minimum atomic E-state index is -4.60. The lowest BCUT2D eigenvalue weighted by molar-refractivity contribution is -0.870. The van der Waals surface area contributed by atoms with Crippen LogP contribution in [0.2, 0.25) is 0 Å². The second-order valence-corrected chi connectivity index (χ2v) is 30.2. The number of rotatable bonds is 75. The van der Waals surface area contributed by atoms with Gasteiger partial charge in [0.05, 0.1) is 39.9 Å². The third kappa shape index (κ3) is 72.5. The number of hydrogen-bond donors (Lipinski definition) is 2. The second kappa shape index (κ2) is 69.6. The average molecular weight is 1250 g/mol. The molecule has 1 amide bonds. The summed E-state index contributed by atoms with van der Waals surface area (Å²) in [5.74, 6) is -0.186. The normalized spacial score (nSPS) is 13.5.